The van der Waals surface area contributed by atoms with Crippen molar-refractivity contribution in [3.05, 3.63) is 41.7 Å². The van der Waals surface area contributed by atoms with Crippen LogP contribution < -0.4 is 10.1 Å². The van der Waals surface area contributed by atoms with E-state index in [0.29, 0.717) is 18.8 Å². The van der Waals surface area contributed by atoms with Gasteiger partial charge in [-0.05, 0) is 24.6 Å². The van der Waals surface area contributed by atoms with Crippen molar-refractivity contribution in [3.63, 3.8) is 0 Å². The molecule has 1 aromatic heterocycles. The molecule has 1 heterocycles. The molecular formula is C14H17N3O3. The van der Waals surface area contributed by atoms with Gasteiger partial charge in [0.05, 0.1) is 12.8 Å². The molecule has 2 rings (SSSR count). The number of carboxylic acid groups (broad SMARTS) is 1. The minimum atomic E-state index is -1.04. The second kappa shape index (κ2) is 6.10. The second-order valence-corrected chi connectivity index (χ2v) is 4.26. The van der Waals surface area contributed by atoms with Gasteiger partial charge in [0.1, 0.15) is 5.75 Å². The SMILES string of the molecule is CCn1cc(NCc2cccc(OC)c2)c(C(=O)O)n1. The first kappa shape index (κ1) is 13.9. The van der Waals surface area contributed by atoms with Crippen LogP contribution in [0.5, 0.6) is 5.75 Å². The fourth-order valence-electron chi connectivity index (χ4n) is 1.85. The minimum absolute atomic E-state index is 0.0368. The van der Waals surface area contributed by atoms with Crippen molar-refractivity contribution < 1.29 is 14.6 Å². The highest BCUT2D eigenvalue weighted by atomic mass is 16.5. The van der Waals surface area contributed by atoms with E-state index in [0.717, 1.165) is 11.3 Å². The molecule has 0 fully saturated rings. The Labute approximate surface area is 117 Å². The van der Waals surface area contributed by atoms with Gasteiger partial charge in [0.15, 0.2) is 5.69 Å². The third kappa shape index (κ3) is 3.09. The molecule has 0 aliphatic heterocycles. The fourth-order valence-corrected chi connectivity index (χ4v) is 1.85. The molecular weight excluding hydrogens is 258 g/mol. The number of benzene rings is 1. The summed E-state index contributed by atoms with van der Waals surface area (Å²) >= 11 is 0. The summed E-state index contributed by atoms with van der Waals surface area (Å²) in [5, 5.41) is 16.2. The van der Waals surface area contributed by atoms with Crippen LogP contribution in [-0.4, -0.2) is 28.0 Å². The van der Waals surface area contributed by atoms with Crippen molar-refractivity contribution in [3.8, 4) is 5.75 Å². The number of anilines is 1. The Morgan fingerprint density at radius 1 is 1.50 bits per heavy atom. The first-order chi connectivity index (χ1) is 9.63. The van der Waals surface area contributed by atoms with E-state index in [2.05, 4.69) is 10.4 Å². The van der Waals surface area contributed by atoms with Crippen LogP contribution in [0.25, 0.3) is 0 Å². The summed E-state index contributed by atoms with van der Waals surface area (Å²) < 4.78 is 6.75. The lowest BCUT2D eigenvalue weighted by Crippen LogP contribution is -2.05. The van der Waals surface area contributed by atoms with Crippen molar-refractivity contribution in [2.45, 2.75) is 20.0 Å². The van der Waals surface area contributed by atoms with Crippen LogP contribution >= 0.6 is 0 Å². The lowest BCUT2D eigenvalue weighted by molar-refractivity contribution is 0.0690. The first-order valence-corrected chi connectivity index (χ1v) is 6.31. The zero-order chi connectivity index (χ0) is 14.5. The van der Waals surface area contributed by atoms with Gasteiger partial charge in [-0.2, -0.15) is 5.10 Å². The number of aromatic nitrogens is 2. The molecule has 20 heavy (non-hydrogen) atoms. The van der Waals surface area contributed by atoms with Crippen molar-refractivity contribution in [1.29, 1.82) is 0 Å². The van der Waals surface area contributed by atoms with Crippen molar-refractivity contribution >= 4 is 11.7 Å². The predicted molar refractivity (Wildman–Crippen MR) is 75.2 cm³/mol. The van der Waals surface area contributed by atoms with Gasteiger partial charge in [-0.1, -0.05) is 12.1 Å². The predicted octanol–water partition coefficient (Wildman–Crippen LogP) is 2.22. The molecule has 6 heteroatoms. The van der Waals surface area contributed by atoms with Crippen molar-refractivity contribution in [1.82, 2.24) is 9.78 Å². The van der Waals surface area contributed by atoms with Gasteiger partial charge in [-0.3, -0.25) is 4.68 Å². The number of aryl methyl sites for hydroxylation is 1. The third-order valence-corrected chi connectivity index (χ3v) is 2.91. The van der Waals surface area contributed by atoms with Crippen LogP contribution in [-0.2, 0) is 13.1 Å². The van der Waals surface area contributed by atoms with Gasteiger partial charge in [-0.25, -0.2) is 4.79 Å². The molecule has 0 spiro atoms. The summed E-state index contributed by atoms with van der Waals surface area (Å²) in [5.74, 6) is -0.266. The van der Waals surface area contributed by atoms with E-state index in [9.17, 15) is 4.79 Å². The Kier molecular flexibility index (Phi) is 4.24. The Morgan fingerprint density at radius 3 is 2.95 bits per heavy atom. The molecule has 0 amide bonds. The highest BCUT2D eigenvalue weighted by Crippen LogP contribution is 2.17. The summed E-state index contributed by atoms with van der Waals surface area (Å²) in [6, 6.07) is 7.60. The van der Waals surface area contributed by atoms with Gasteiger partial charge in [0, 0.05) is 19.3 Å². The number of nitrogens with one attached hydrogen (secondary N) is 1. The van der Waals surface area contributed by atoms with Crippen LogP contribution in [0.4, 0.5) is 5.69 Å². The Balaban J connectivity index is 2.13. The first-order valence-electron chi connectivity index (χ1n) is 6.31. The van der Waals surface area contributed by atoms with Crippen LogP contribution in [0, 0.1) is 0 Å². The molecule has 0 aliphatic rings. The average molecular weight is 275 g/mol. The van der Waals surface area contributed by atoms with Gasteiger partial charge < -0.3 is 15.2 Å². The van der Waals surface area contributed by atoms with Gasteiger partial charge in [0.25, 0.3) is 0 Å². The third-order valence-electron chi connectivity index (χ3n) is 2.91. The standard InChI is InChI=1S/C14H17N3O3/c1-3-17-9-12(13(16-17)14(18)19)15-8-10-5-4-6-11(7-10)20-2/h4-7,9,15H,3,8H2,1-2H3,(H,18,19). The van der Waals surface area contributed by atoms with Gasteiger partial charge in [0.2, 0.25) is 0 Å². The summed E-state index contributed by atoms with van der Waals surface area (Å²) in [7, 11) is 1.61. The average Bonchev–Trinajstić information content (AvgIpc) is 2.89. The zero-order valence-corrected chi connectivity index (χ0v) is 11.5. The van der Waals surface area contributed by atoms with Crippen LogP contribution in [0.15, 0.2) is 30.5 Å². The summed E-state index contributed by atoms with van der Waals surface area (Å²) in [4.78, 5) is 11.1. The molecule has 2 N–H and O–H groups in total. The molecule has 106 valence electrons. The van der Waals surface area contributed by atoms with E-state index >= 15 is 0 Å². The van der Waals surface area contributed by atoms with Crippen LogP contribution in [0.2, 0.25) is 0 Å². The number of aromatic carboxylic acids is 1. The van der Waals surface area contributed by atoms with Gasteiger partial charge >= 0.3 is 5.97 Å². The molecule has 0 radical (unpaired) electrons. The maximum absolute atomic E-state index is 11.1. The maximum Gasteiger partial charge on any atom is 0.358 e. The summed E-state index contributed by atoms with van der Waals surface area (Å²) in [6.07, 6.45) is 1.70. The monoisotopic (exact) mass is 275 g/mol. The van der Waals surface area contributed by atoms with Crippen molar-refractivity contribution in [2.24, 2.45) is 0 Å². The molecule has 6 nitrogen and oxygen atoms in total. The second-order valence-electron chi connectivity index (χ2n) is 4.26. The number of methoxy groups -OCH3 is 1. The molecule has 0 saturated heterocycles. The number of hydrogen-bond donors (Lipinski definition) is 2. The van der Waals surface area contributed by atoms with Crippen molar-refractivity contribution in [2.75, 3.05) is 12.4 Å². The van der Waals surface area contributed by atoms with E-state index in [1.54, 1.807) is 18.0 Å². The molecule has 0 atom stereocenters. The molecule has 0 aliphatic carbocycles. The Morgan fingerprint density at radius 2 is 2.30 bits per heavy atom. The number of nitrogens with zero attached hydrogens (tertiary/aromatic N) is 2. The molecule has 0 unspecified atom stereocenters. The van der Waals surface area contributed by atoms with E-state index in [-0.39, 0.29) is 5.69 Å². The maximum atomic E-state index is 11.1. The van der Waals surface area contributed by atoms with E-state index in [4.69, 9.17) is 9.84 Å². The minimum Gasteiger partial charge on any atom is -0.497 e. The smallest absolute Gasteiger partial charge is 0.358 e. The lowest BCUT2D eigenvalue weighted by Gasteiger charge is -2.06. The number of carbonyl (C=O) groups is 1. The topological polar surface area (TPSA) is 76.4 Å². The number of ether oxygens (including phenoxy) is 1. The van der Waals surface area contributed by atoms with Crippen LogP contribution in [0.3, 0.4) is 0 Å². The molecule has 0 bridgehead atoms. The number of rotatable bonds is 6. The van der Waals surface area contributed by atoms with Crippen LogP contribution in [0.1, 0.15) is 23.0 Å². The zero-order valence-electron chi connectivity index (χ0n) is 11.5. The van der Waals surface area contributed by atoms with Gasteiger partial charge in [-0.15, -0.1) is 0 Å². The fraction of sp³-hybridized carbons (Fsp3) is 0.286. The molecule has 1 aromatic carbocycles. The molecule has 2 aromatic rings. The quantitative estimate of drug-likeness (QED) is 0.845. The number of carboxylic acids is 1. The van der Waals surface area contributed by atoms with E-state index in [1.807, 2.05) is 31.2 Å². The largest absolute Gasteiger partial charge is 0.497 e. The van der Waals surface area contributed by atoms with E-state index < -0.39 is 5.97 Å². The highest BCUT2D eigenvalue weighted by molar-refractivity contribution is 5.91. The number of hydrogen-bond acceptors (Lipinski definition) is 4. The Bertz CT molecular complexity index is 607. The Hall–Kier alpha value is -2.50. The normalized spacial score (nSPS) is 10.3. The van der Waals surface area contributed by atoms with E-state index in [1.165, 1.54) is 0 Å². The summed E-state index contributed by atoms with van der Waals surface area (Å²) in [6.45, 7) is 3.04. The lowest BCUT2D eigenvalue weighted by atomic mass is 10.2. The summed E-state index contributed by atoms with van der Waals surface area (Å²) in [5.41, 5.74) is 1.56. The highest BCUT2D eigenvalue weighted by Gasteiger charge is 2.15. The molecule has 0 saturated carbocycles.